The van der Waals surface area contributed by atoms with Gasteiger partial charge in [-0.1, -0.05) is 45.2 Å². The van der Waals surface area contributed by atoms with Crippen LogP contribution in [0.1, 0.15) is 46.5 Å². The fourth-order valence-electron chi connectivity index (χ4n) is 3.79. The van der Waals surface area contributed by atoms with E-state index in [1.165, 1.54) is 0 Å². The number of carbonyl (C=O) groups is 2. The molecule has 1 aliphatic rings. The van der Waals surface area contributed by atoms with E-state index in [0.29, 0.717) is 18.5 Å². The Labute approximate surface area is 169 Å². The topological polar surface area (TPSA) is 78.9 Å². The molecule has 2 amide bonds. The van der Waals surface area contributed by atoms with Crippen LogP contribution in [0.4, 0.5) is 0 Å². The zero-order valence-electron chi connectivity index (χ0n) is 17.7. The monoisotopic (exact) mass is 392 g/mol. The predicted molar refractivity (Wildman–Crippen MR) is 112 cm³/mol. The third-order valence-electron chi connectivity index (χ3n) is 5.37. The van der Waals surface area contributed by atoms with E-state index < -0.39 is 24.2 Å². The van der Waals surface area contributed by atoms with Crippen molar-refractivity contribution in [2.75, 3.05) is 13.7 Å². The van der Waals surface area contributed by atoms with E-state index in [-0.39, 0.29) is 17.9 Å². The molecule has 2 N–H and O–H groups in total. The van der Waals surface area contributed by atoms with Crippen molar-refractivity contribution in [3.63, 3.8) is 0 Å². The predicted octanol–water partition coefficient (Wildman–Crippen LogP) is 2.59. The molecule has 0 unspecified atom stereocenters. The molecule has 1 rings (SSSR count). The molecule has 1 saturated heterocycles. The van der Waals surface area contributed by atoms with Gasteiger partial charge >= 0.3 is 0 Å². The summed E-state index contributed by atoms with van der Waals surface area (Å²) in [6.07, 6.45) is 6.55. The third kappa shape index (κ3) is 6.04. The highest BCUT2D eigenvalue weighted by atomic mass is 16.5. The number of methoxy groups -OCH3 is 1. The summed E-state index contributed by atoms with van der Waals surface area (Å²) < 4.78 is 5.67. The number of ether oxygens (including phenoxy) is 1. The summed E-state index contributed by atoms with van der Waals surface area (Å²) in [6.45, 7) is 13.5. The largest absolute Gasteiger partial charge is 0.386 e. The summed E-state index contributed by atoms with van der Waals surface area (Å²) in [7, 11) is 1.58. The lowest BCUT2D eigenvalue weighted by atomic mass is 9.94. The van der Waals surface area contributed by atoms with E-state index in [1.807, 2.05) is 11.8 Å². The quantitative estimate of drug-likeness (QED) is 0.530. The van der Waals surface area contributed by atoms with Crippen LogP contribution in [0.3, 0.4) is 0 Å². The van der Waals surface area contributed by atoms with Crippen molar-refractivity contribution in [1.82, 2.24) is 10.2 Å². The lowest BCUT2D eigenvalue weighted by Gasteiger charge is -2.34. The summed E-state index contributed by atoms with van der Waals surface area (Å²) in [4.78, 5) is 27.1. The molecule has 5 atom stereocenters. The maximum atomic E-state index is 12.8. The second-order valence-corrected chi connectivity index (χ2v) is 7.38. The van der Waals surface area contributed by atoms with Crippen LogP contribution < -0.4 is 5.32 Å². The number of aliphatic hydroxyl groups excluding tert-OH is 1. The molecule has 0 aromatic carbocycles. The first kappa shape index (κ1) is 24.1. The number of nitrogens with zero attached hydrogens (tertiary/aromatic N) is 1. The van der Waals surface area contributed by atoms with Crippen LogP contribution in [-0.2, 0) is 14.3 Å². The molecule has 1 fully saturated rings. The SMILES string of the molecule is C=C/C=C(\C=C)[C@H](O)[C@@H](C)NC(=O)[C@H](C)[C@@H](OC)[C@@H]1CCCN1C(=O)CCC. The van der Waals surface area contributed by atoms with Crippen LogP contribution in [0.25, 0.3) is 0 Å². The summed E-state index contributed by atoms with van der Waals surface area (Å²) in [5, 5.41) is 13.3. The highest BCUT2D eigenvalue weighted by Crippen LogP contribution is 2.27. The number of hydrogen-bond acceptors (Lipinski definition) is 4. The molecule has 1 aliphatic heterocycles. The smallest absolute Gasteiger partial charge is 0.225 e. The van der Waals surface area contributed by atoms with Crippen LogP contribution in [0.2, 0.25) is 0 Å². The Hall–Kier alpha value is -1.92. The summed E-state index contributed by atoms with van der Waals surface area (Å²) in [6, 6.07) is -0.604. The molecule has 0 aromatic heterocycles. The van der Waals surface area contributed by atoms with Crippen molar-refractivity contribution >= 4 is 11.8 Å². The molecular formula is C22H36N2O4. The van der Waals surface area contributed by atoms with E-state index in [1.54, 1.807) is 39.2 Å². The van der Waals surface area contributed by atoms with E-state index >= 15 is 0 Å². The third-order valence-corrected chi connectivity index (χ3v) is 5.37. The Morgan fingerprint density at radius 3 is 2.57 bits per heavy atom. The summed E-state index contributed by atoms with van der Waals surface area (Å²) in [5.74, 6) is -0.556. The normalized spacial score (nSPS) is 21.5. The van der Waals surface area contributed by atoms with Crippen LogP contribution in [0.15, 0.2) is 37.0 Å². The standard InChI is InChI=1S/C22H36N2O4/c1-7-11-17(9-3)20(26)16(5)23-22(27)15(4)21(28-6)18-13-10-14-24(18)19(25)12-8-2/h7,9,11,15-16,18,20-21,26H,1,3,8,10,12-14H2,2,4-6H3,(H,23,27)/b17-11+/t15-,16-,18+,20-,21-/m1/s1. The highest BCUT2D eigenvalue weighted by molar-refractivity contribution is 5.80. The van der Waals surface area contributed by atoms with Gasteiger partial charge in [-0.05, 0) is 31.8 Å². The zero-order valence-corrected chi connectivity index (χ0v) is 17.7. The van der Waals surface area contributed by atoms with Gasteiger partial charge in [0.15, 0.2) is 0 Å². The number of aliphatic hydroxyl groups is 1. The molecule has 6 heteroatoms. The number of nitrogens with one attached hydrogen (secondary N) is 1. The van der Waals surface area contributed by atoms with Crippen molar-refractivity contribution in [1.29, 1.82) is 0 Å². The maximum Gasteiger partial charge on any atom is 0.225 e. The number of carbonyl (C=O) groups excluding carboxylic acids is 2. The summed E-state index contributed by atoms with van der Waals surface area (Å²) in [5.41, 5.74) is 0.589. The second kappa shape index (κ2) is 11.8. The number of hydrogen-bond donors (Lipinski definition) is 2. The molecule has 0 bridgehead atoms. The van der Waals surface area contributed by atoms with Gasteiger partial charge in [0.1, 0.15) is 0 Å². The van der Waals surface area contributed by atoms with Crippen molar-refractivity contribution in [3.05, 3.63) is 37.0 Å². The van der Waals surface area contributed by atoms with Gasteiger partial charge in [-0.15, -0.1) is 0 Å². The molecule has 0 spiro atoms. The Balaban J connectivity index is 2.83. The molecule has 0 radical (unpaired) electrons. The fourth-order valence-corrected chi connectivity index (χ4v) is 3.79. The van der Waals surface area contributed by atoms with Crippen molar-refractivity contribution in [2.45, 2.75) is 70.7 Å². The minimum Gasteiger partial charge on any atom is -0.386 e. The van der Waals surface area contributed by atoms with E-state index in [0.717, 1.165) is 19.3 Å². The number of rotatable bonds is 11. The number of amides is 2. The van der Waals surface area contributed by atoms with Gasteiger partial charge in [0.25, 0.3) is 0 Å². The molecule has 0 aromatic rings. The minimum absolute atomic E-state index is 0.102. The van der Waals surface area contributed by atoms with Crippen molar-refractivity contribution < 1.29 is 19.4 Å². The van der Waals surface area contributed by atoms with Gasteiger partial charge in [-0.25, -0.2) is 0 Å². The highest BCUT2D eigenvalue weighted by Gasteiger charge is 2.39. The second-order valence-electron chi connectivity index (χ2n) is 7.38. The van der Waals surface area contributed by atoms with E-state index in [2.05, 4.69) is 18.5 Å². The zero-order chi connectivity index (χ0) is 21.3. The summed E-state index contributed by atoms with van der Waals surface area (Å²) >= 11 is 0. The van der Waals surface area contributed by atoms with Crippen LogP contribution >= 0.6 is 0 Å². The average molecular weight is 393 g/mol. The lowest BCUT2D eigenvalue weighted by molar-refractivity contribution is -0.140. The first-order chi connectivity index (χ1) is 13.3. The van der Waals surface area contributed by atoms with Gasteiger partial charge in [0, 0.05) is 20.1 Å². The molecule has 0 aliphatic carbocycles. The molecule has 1 heterocycles. The van der Waals surface area contributed by atoms with Crippen molar-refractivity contribution in [2.24, 2.45) is 5.92 Å². The molecular weight excluding hydrogens is 356 g/mol. The van der Waals surface area contributed by atoms with Gasteiger partial charge in [-0.2, -0.15) is 0 Å². The first-order valence-electron chi connectivity index (χ1n) is 10.1. The molecule has 0 saturated carbocycles. The van der Waals surface area contributed by atoms with Crippen LogP contribution in [-0.4, -0.2) is 59.8 Å². The lowest BCUT2D eigenvalue weighted by Crippen LogP contribution is -2.52. The number of allylic oxidation sites excluding steroid dienone is 2. The van der Waals surface area contributed by atoms with E-state index in [9.17, 15) is 14.7 Å². The molecule has 28 heavy (non-hydrogen) atoms. The average Bonchev–Trinajstić information content (AvgIpc) is 3.15. The van der Waals surface area contributed by atoms with Gasteiger partial charge < -0.3 is 20.1 Å². The Bertz CT molecular complexity index is 587. The van der Waals surface area contributed by atoms with Gasteiger partial charge in [0.05, 0.1) is 30.2 Å². The van der Waals surface area contributed by atoms with Crippen molar-refractivity contribution in [3.8, 4) is 0 Å². The Morgan fingerprint density at radius 1 is 1.36 bits per heavy atom. The van der Waals surface area contributed by atoms with Gasteiger partial charge in [0.2, 0.25) is 11.8 Å². The minimum atomic E-state index is -0.887. The van der Waals surface area contributed by atoms with Gasteiger partial charge in [-0.3, -0.25) is 9.59 Å². The first-order valence-corrected chi connectivity index (χ1v) is 10.1. The molecule has 158 valence electrons. The van der Waals surface area contributed by atoms with Crippen LogP contribution in [0, 0.1) is 5.92 Å². The fraction of sp³-hybridized carbons (Fsp3) is 0.636. The van der Waals surface area contributed by atoms with Crippen LogP contribution in [0.5, 0.6) is 0 Å². The van der Waals surface area contributed by atoms with E-state index in [4.69, 9.17) is 4.74 Å². The maximum absolute atomic E-state index is 12.8. The number of likely N-dealkylation sites (tertiary alicyclic amines) is 1. The molecule has 6 nitrogen and oxygen atoms in total. The Kier molecular flexibility index (Phi) is 10.2. The Morgan fingerprint density at radius 2 is 2.04 bits per heavy atom.